The van der Waals surface area contributed by atoms with E-state index >= 15 is 0 Å². The predicted octanol–water partition coefficient (Wildman–Crippen LogP) is 2.89. The first-order valence-corrected chi connectivity index (χ1v) is 8.64. The summed E-state index contributed by atoms with van der Waals surface area (Å²) in [6.07, 6.45) is 2.37. The maximum absolute atomic E-state index is 12.5. The van der Waals surface area contributed by atoms with Gasteiger partial charge in [-0.3, -0.25) is 9.59 Å². The minimum atomic E-state index is -0.00320. The van der Waals surface area contributed by atoms with Crippen molar-refractivity contribution >= 4 is 23.4 Å². The number of carbonyl (C=O) groups excluding carboxylic acids is 2. The number of hydrogen-bond donors (Lipinski definition) is 1. The highest BCUT2D eigenvalue weighted by molar-refractivity contribution is 6.31. The molecule has 2 rings (SSSR count). The Balaban J connectivity index is 1.86. The summed E-state index contributed by atoms with van der Waals surface area (Å²) in [6, 6.07) is 7.47. The van der Waals surface area contributed by atoms with Gasteiger partial charge in [0, 0.05) is 30.6 Å². The van der Waals surface area contributed by atoms with E-state index < -0.39 is 0 Å². The van der Waals surface area contributed by atoms with Crippen LogP contribution in [0, 0.1) is 11.8 Å². The Kier molecular flexibility index (Phi) is 6.46. The van der Waals surface area contributed by atoms with Gasteiger partial charge in [-0.25, -0.2) is 0 Å². The Hall–Kier alpha value is -1.55. The second-order valence-electron chi connectivity index (χ2n) is 6.52. The summed E-state index contributed by atoms with van der Waals surface area (Å²) >= 11 is 6.13. The highest BCUT2D eigenvalue weighted by Crippen LogP contribution is 2.20. The van der Waals surface area contributed by atoms with E-state index in [9.17, 15) is 9.59 Å². The van der Waals surface area contributed by atoms with Gasteiger partial charge in [0.05, 0.1) is 6.42 Å². The van der Waals surface area contributed by atoms with Crippen LogP contribution in [-0.4, -0.2) is 36.3 Å². The lowest BCUT2D eigenvalue weighted by molar-refractivity contribution is -0.132. The Morgan fingerprint density at radius 3 is 2.78 bits per heavy atom. The second kappa shape index (κ2) is 8.34. The molecule has 5 heteroatoms. The molecule has 1 atom stereocenters. The van der Waals surface area contributed by atoms with E-state index in [0.29, 0.717) is 30.5 Å². The molecule has 0 aliphatic carbocycles. The highest BCUT2D eigenvalue weighted by atomic mass is 35.5. The van der Waals surface area contributed by atoms with Crippen molar-refractivity contribution in [1.82, 2.24) is 10.2 Å². The van der Waals surface area contributed by atoms with Gasteiger partial charge in [0.25, 0.3) is 0 Å². The van der Waals surface area contributed by atoms with Crippen LogP contribution >= 0.6 is 11.6 Å². The lowest BCUT2D eigenvalue weighted by Gasteiger charge is -2.33. The molecule has 1 N–H and O–H groups in total. The molecule has 1 aliphatic rings. The lowest BCUT2D eigenvalue weighted by Crippen LogP contribution is -2.44. The fourth-order valence-electron chi connectivity index (χ4n) is 2.82. The zero-order valence-corrected chi connectivity index (χ0v) is 14.6. The normalized spacial score (nSPS) is 18.1. The average Bonchev–Trinajstić information content (AvgIpc) is 2.54. The molecular weight excluding hydrogens is 312 g/mol. The number of nitrogens with zero attached hydrogens (tertiary/aromatic N) is 1. The van der Waals surface area contributed by atoms with Crippen molar-refractivity contribution in [3.05, 3.63) is 34.9 Å². The van der Waals surface area contributed by atoms with Crippen molar-refractivity contribution in [1.29, 1.82) is 0 Å². The molecule has 1 saturated heterocycles. The third-order valence-electron chi connectivity index (χ3n) is 4.26. The van der Waals surface area contributed by atoms with E-state index in [1.165, 1.54) is 0 Å². The number of rotatable bonds is 5. The number of hydrogen-bond acceptors (Lipinski definition) is 2. The van der Waals surface area contributed by atoms with Gasteiger partial charge in [0.1, 0.15) is 0 Å². The van der Waals surface area contributed by atoms with E-state index in [-0.39, 0.29) is 17.7 Å². The smallest absolute Gasteiger partial charge is 0.227 e. The van der Waals surface area contributed by atoms with Crippen LogP contribution in [0.25, 0.3) is 0 Å². The van der Waals surface area contributed by atoms with Crippen LogP contribution in [0.5, 0.6) is 0 Å². The summed E-state index contributed by atoms with van der Waals surface area (Å²) in [6.45, 7) is 5.91. The lowest BCUT2D eigenvalue weighted by atomic mass is 9.97. The molecule has 4 nitrogen and oxygen atoms in total. The van der Waals surface area contributed by atoms with Crippen LogP contribution < -0.4 is 5.32 Å². The number of halogens is 1. The topological polar surface area (TPSA) is 49.4 Å². The summed E-state index contributed by atoms with van der Waals surface area (Å²) < 4.78 is 0. The van der Waals surface area contributed by atoms with Crippen LogP contribution in [0.1, 0.15) is 32.3 Å². The largest absolute Gasteiger partial charge is 0.356 e. The minimum absolute atomic E-state index is 0.00320. The SMILES string of the molecule is CC(C)C(=O)NCC1CCCN(C(=O)Cc2ccccc2Cl)C1. The number of carbonyl (C=O) groups is 2. The van der Waals surface area contributed by atoms with Crippen molar-refractivity contribution in [3.8, 4) is 0 Å². The van der Waals surface area contributed by atoms with Gasteiger partial charge >= 0.3 is 0 Å². The standard InChI is InChI=1S/C18H25ClN2O2/c1-13(2)18(23)20-11-14-6-5-9-21(12-14)17(22)10-15-7-3-4-8-16(15)19/h3-4,7-8,13-14H,5-6,9-12H2,1-2H3,(H,20,23). The molecule has 1 unspecified atom stereocenters. The quantitative estimate of drug-likeness (QED) is 0.898. The second-order valence-corrected chi connectivity index (χ2v) is 6.92. The molecule has 1 aromatic rings. The van der Waals surface area contributed by atoms with Crippen LogP contribution in [-0.2, 0) is 16.0 Å². The summed E-state index contributed by atoms with van der Waals surface area (Å²) in [4.78, 5) is 26.1. The highest BCUT2D eigenvalue weighted by Gasteiger charge is 2.24. The van der Waals surface area contributed by atoms with Crippen molar-refractivity contribution in [2.45, 2.75) is 33.1 Å². The van der Waals surface area contributed by atoms with Gasteiger partial charge in [-0.15, -0.1) is 0 Å². The molecule has 0 bridgehead atoms. The van der Waals surface area contributed by atoms with Crippen LogP contribution in [0.15, 0.2) is 24.3 Å². The predicted molar refractivity (Wildman–Crippen MR) is 92.3 cm³/mol. The summed E-state index contributed by atoms with van der Waals surface area (Å²) in [7, 11) is 0. The average molecular weight is 337 g/mol. The molecule has 1 fully saturated rings. The van der Waals surface area contributed by atoms with Crippen molar-refractivity contribution in [2.75, 3.05) is 19.6 Å². The van der Waals surface area contributed by atoms with E-state index in [0.717, 1.165) is 24.9 Å². The van der Waals surface area contributed by atoms with E-state index in [4.69, 9.17) is 11.6 Å². The number of amides is 2. The molecule has 0 aromatic heterocycles. The third-order valence-corrected chi connectivity index (χ3v) is 4.63. The first kappa shape index (κ1) is 17.8. The molecule has 0 radical (unpaired) electrons. The van der Waals surface area contributed by atoms with Crippen LogP contribution in [0.4, 0.5) is 0 Å². The summed E-state index contributed by atoms with van der Waals surface area (Å²) in [5.74, 6) is 0.515. The summed E-state index contributed by atoms with van der Waals surface area (Å²) in [5, 5.41) is 3.61. The van der Waals surface area contributed by atoms with Gasteiger partial charge in [0.15, 0.2) is 0 Å². The molecule has 23 heavy (non-hydrogen) atoms. The zero-order chi connectivity index (χ0) is 16.8. The third kappa shape index (κ3) is 5.24. The van der Waals surface area contributed by atoms with Gasteiger partial charge < -0.3 is 10.2 Å². The van der Waals surface area contributed by atoms with Gasteiger partial charge in [-0.1, -0.05) is 43.6 Å². The summed E-state index contributed by atoms with van der Waals surface area (Å²) in [5.41, 5.74) is 0.870. The maximum Gasteiger partial charge on any atom is 0.227 e. The van der Waals surface area contributed by atoms with Gasteiger partial charge in [-0.2, -0.15) is 0 Å². The van der Waals surface area contributed by atoms with Crippen LogP contribution in [0.2, 0.25) is 5.02 Å². The van der Waals surface area contributed by atoms with E-state index in [2.05, 4.69) is 5.32 Å². The number of nitrogens with one attached hydrogen (secondary N) is 1. The molecule has 126 valence electrons. The van der Waals surface area contributed by atoms with Crippen molar-refractivity contribution in [2.24, 2.45) is 11.8 Å². The van der Waals surface area contributed by atoms with Gasteiger partial charge in [0.2, 0.25) is 11.8 Å². The Morgan fingerprint density at radius 2 is 2.09 bits per heavy atom. The fraction of sp³-hybridized carbons (Fsp3) is 0.556. The molecule has 1 aromatic carbocycles. The van der Waals surface area contributed by atoms with E-state index in [1.54, 1.807) is 0 Å². The Labute approximate surface area is 143 Å². The maximum atomic E-state index is 12.5. The zero-order valence-electron chi connectivity index (χ0n) is 13.8. The monoisotopic (exact) mass is 336 g/mol. The molecule has 0 spiro atoms. The number of likely N-dealkylation sites (tertiary alicyclic amines) is 1. The van der Waals surface area contributed by atoms with Crippen molar-refractivity contribution in [3.63, 3.8) is 0 Å². The molecule has 1 heterocycles. The van der Waals surface area contributed by atoms with E-state index in [1.807, 2.05) is 43.0 Å². The number of piperidine rings is 1. The number of benzene rings is 1. The Bertz CT molecular complexity index is 560. The molecule has 0 saturated carbocycles. The minimum Gasteiger partial charge on any atom is -0.356 e. The fourth-order valence-corrected chi connectivity index (χ4v) is 3.03. The first-order valence-electron chi connectivity index (χ1n) is 8.26. The Morgan fingerprint density at radius 1 is 1.35 bits per heavy atom. The van der Waals surface area contributed by atoms with Gasteiger partial charge in [-0.05, 0) is 30.4 Å². The van der Waals surface area contributed by atoms with Crippen LogP contribution in [0.3, 0.4) is 0 Å². The molecule has 1 aliphatic heterocycles. The van der Waals surface area contributed by atoms with Crippen molar-refractivity contribution < 1.29 is 9.59 Å². The molecule has 2 amide bonds. The molecular formula is C18H25ClN2O2. The first-order chi connectivity index (χ1) is 11.0.